The Morgan fingerprint density at radius 2 is 1.44 bits per heavy atom. The van der Waals surface area contributed by atoms with Gasteiger partial charge in [0.2, 0.25) is 0 Å². The van der Waals surface area contributed by atoms with Gasteiger partial charge in [0.15, 0.2) is 5.11 Å². The van der Waals surface area contributed by atoms with Crippen molar-refractivity contribution in [1.29, 1.82) is 0 Å². The average Bonchev–Trinajstić information content (AvgIpc) is 2.84. The Morgan fingerprint density at radius 1 is 0.889 bits per heavy atom. The van der Waals surface area contributed by atoms with Gasteiger partial charge in [-0.05, 0) is 81.9 Å². The van der Waals surface area contributed by atoms with Crippen LogP contribution in [0.25, 0.3) is 0 Å². The summed E-state index contributed by atoms with van der Waals surface area (Å²) in [5.74, 6) is -0.904. The maximum Gasteiger partial charge on any atom is 0.336 e. The number of benzene rings is 2. The molecule has 3 rings (SSSR count). The monoisotopic (exact) mass is 509 g/mol. The van der Waals surface area contributed by atoms with Gasteiger partial charge in [0.25, 0.3) is 0 Å². The lowest BCUT2D eigenvalue weighted by molar-refractivity contribution is -0.139. The first-order valence-corrected chi connectivity index (χ1v) is 12.0. The van der Waals surface area contributed by atoms with Crippen molar-refractivity contribution in [2.24, 2.45) is 0 Å². The predicted molar refractivity (Wildman–Crippen MR) is 144 cm³/mol. The Labute approximate surface area is 216 Å². The van der Waals surface area contributed by atoms with Crippen molar-refractivity contribution in [2.75, 3.05) is 31.0 Å². The maximum absolute atomic E-state index is 13.0. The molecule has 0 bridgehead atoms. The number of thiocarbonyl (C=S) groups is 1. The molecule has 1 heterocycles. The minimum absolute atomic E-state index is 0.215. The largest absolute Gasteiger partial charge is 0.497 e. The van der Waals surface area contributed by atoms with E-state index in [4.69, 9.17) is 26.4 Å². The van der Waals surface area contributed by atoms with E-state index in [1.807, 2.05) is 48.5 Å². The zero-order valence-corrected chi connectivity index (χ0v) is 21.9. The summed E-state index contributed by atoms with van der Waals surface area (Å²) in [6.45, 7) is 7.50. The third-order valence-electron chi connectivity index (χ3n) is 5.58. The lowest BCUT2D eigenvalue weighted by atomic mass is 9.80. The van der Waals surface area contributed by atoms with Crippen molar-refractivity contribution in [1.82, 2.24) is 5.32 Å². The van der Waals surface area contributed by atoms with Crippen LogP contribution in [-0.4, -0.2) is 37.4 Å². The molecule has 9 heteroatoms. The number of allylic oxidation sites excluding steroid dienone is 2. The Bertz CT molecular complexity index is 1160. The smallest absolute Gasteiger partial charge is 0.336 e. The third-order valence-corrected chi connectivity index (χ3v) is 5.78. The number of ether oxygens (including phenoxy) is 3. The fraction of sp³-hybridized carbons (Fsp3) is 0.296. The van der Waals surface area contributed by atoms with Crippen LogP contribution < -0.4 is 20.7 Å². The second kappa shape index (κ2) is 12.2. The van der Waals surface area contributed by atoms with Crippen molar-refractivity contribution in [3.8, 4) is 5.75 Å². The van der Waals surface area contributed by atoms with Gasteiger partial charge in [-0.2, -0.15) is 0 Å². The molecule has 1 aliphatic heterocycles. The van der Waals surface area contributed by atoms with E-state index in [0.717, 1.165) is 17.0 Å². The molecule has 1 aliphatic rings. The number of hydrogen-bond donors (Lipinski definition) is 3. The highest BCUT2D eigenvalue weighted by atomic mass is 32.1. The Hall–Kier alpha value is -3.85. The molecule has 8 nitrogen and oxygen atoms in total. The quantitative estimate of drug-likeness (QED) is 0.340. The number of rotatable bonds is 8. The Balaban J connectivity index is 1.94. The molecule has 0 radical (unpaired) electrons. The molecule has 0 spiro atoms. The third kappa shape index (κ3) is 6.23. The lowest BCUT2D eigenvalue weighted by Crippen LogP contribution is -2.32. The van der Waals surface area contributed by atoms with Gasteiger partial charge < -0.3 is 30.2 Å². The van der Waals surface area contributed by atoms with E-state index >= 15 is 0 Å². The molecule has 190 valence electrons. The number of methoxy groups -OCH3 is 1. The van der Waals surface area contributed by atoms with Crippen molar-refractivity contribution in [3.63, 3.8) is 0 Å². The molecule has 0 aliphatic carbocycles. The van der Waals surface area contributed by atoms with Gasteiger partial charge in [0, 0.05) is 22.8 Å². The summed E-state index contributed by atoms with van der Waals surface area (Å²) in [5, 5.41) is 9.83. The first-order valence-electron chi connectivity index (χ1n) is 11.6. The summed E-state index contributed by atoms with van der Waals surface area (Å²) in [5.41, 5.74) is 4.19. The second-order valence-corrected chi connectivity index (χ2v) is 8.42. The van der Waals surface area contributed by atoms with Gasteiger partial charge >= 0.3 is 11.9 Å². The number of anilines is 2. The zero-order chi connectivity index (χ0) is 26.2. The fourth-order valence-electron chi connectivity index (χ4n) is 4.05. The summed E-state index contributed by atoms with van der Waals surface area (Å²) < 4.78 is 15.9. The number of nitrogens with one attached hydrogen (secondary N) is 3. The molecular formula is C27H31N3O5S. The Kier molecular flexibility index (Phi) is 9.08. The van der Waals surface area contributed by atoms with Crippen LogP contribution in [0.2, 0.25) is 0 Å². The van der Waals surface area contributed by atoms with Crippen LogP contribution in [0.15, 0.2) is 71.1 Å². The molecule has 0 fully saturated rings. The number of carbonyl (C=O) groups excluding carboxylic acids is 2. The van der Waals surface area contributed by atoms with Gasteiger partial charge in [-0.25, -0.2) is 9.59 Å². The predicted octanol–water partition coefficient (Wildman–Crippen LogP) is 4.87. The molecule has 2 aromatic rings. The SMILES string of the molecule is CCOC(=O)C1=C(C)NC(C)=C(C(=O)OCC)C1c1cccc(NC(=S)Nc2ccc(OC)cc2)c1. The van der Waals surface area contributed by atoms with E-state index in [-0.39, 0.29) is 13.2 Å². The first-order chi connectivity index (χ1) is 17.3. The van der Waals surface area contributed by atoms with Crippen molar-refractivity contribution < 1.29 is 23.8 Å². The standard InChI is InChI=1S/C27H31N3O5S/c1-6-34-25(31)22-16(3)28-17(4)23(26(32)35-7-2)24(22)18-9-8-10-20(15-18)30-27(36)29-19-11-13-21(33-5)14-12-19/h8-15,24,28H,6-7H2,1-5H3,(H2,29,30,36). The molecule has 0 aromatic heterocycles. The second-order valence-electron chi connectivity index (χ2n) is 8.01. The van der Waals surface area contributed by atoms with Crippen molar-refractivity contribution >= 4 is 40.6 Å². The van der Waals surface area contributed by atoms with Gasteiger partial charge in [-0.3, -0.25) is 0 Å². The Morgan fingerprint density at radius 3 is 1.97 bits per heavy atom. The topological polar surface area (TPSA) is 97.9 Å². The molecule has 3 N–H and O–H groups in total. The van der Waals surface area contributed by atoms with Crippen LogP contribution in [0, 0.1) is 0 Å². The fourth-order valence-corrected chi connectivity index (χ4v) is 4.29. The molecule has 2 aromatic carbocycles. The molecular weight excluding hydrogens is 478 g/mol. The minimum atomic E-state index is -0.672. The van der Waals surface area contributed by atoms with E-state index in [1.165, 1.54) is 0 Å². The molecule has 0 saturated heterocycles. The summed E-state index contributed by atoms with van der Waals surface area (Å²) >= 11 is 5.48. The van der Waals surface area contributed by atoms with Crippen LogP contribution in [0.1, 0.15) is 39.2 Å². The highest BCUT2D eigenvalue weighted by Gasteiger charge is 2.38. The summed E-state index contributed by atoms with van der Waals surface area (Å²) in [6.07, 6.45) is 0. The van der Waals surface area contributed by atoms with E-state index in [1.54, 1.807) is 34.8 Å². The van der Waals surface area contributed by atoms with E-state index in [0.29, 0.717) is 33.3 Å². The normalized spacial score (nSPS) is 13.6. The van der Waals surface area contributed by atoms with E-state index < -0.39 is 17.9 Å². The molecule has 36 heavy (non-hydrogen) atoms. The maximum atomic E-state index is 13.0. The lowest BCUT2D eigenvalue weighted by Gasteiger charge is -2.30. The van der Waals surface area contributed by atoms with Gasteiger partial charge in [0.05, 0.1) is 37.4 Å². The van der Waals surface area contributed by atoms with E-state index in [2.05, 4.69) is 16.0 Å². The van der Waals surface area contributed by atoms with Crippen LogP contribution in [0.3, 0.4) is 0 Å². The van der Waals surface area contributed by atoms with Crippen molar-refractivity contribution in [3.05, 3.63) is 76.6 Å². The first kappa shape index (κ1) is 26.7. The molecule has 0 saturated carbocycles. The summed E-state index contributed by atoms with van der Waals surface area (Å²) in [7, 11) is 1.61. The van der Waals surface area contributed by atoms with Gasteiger partial charge in [-0.1, -0.05) is 12.1 Å². The van der Waals surface area contributed by atoms with Gasteiger partial charge in [-0.15, -0.1) is 0 Å². The summed E-state index contributed by atoms with van der Waals surface area (Å²) in [6, 6.07) is 14.8. The number of carbonyl (C=O) groups is 2. The van der Waals surface area contributed by atoms with Crippen LogP contribution in [0.5, 0.6) is 5.75 Å². The van der Waals surface area contributed by atoms with Crippen molar-refractivity contribution in [2.45, 2.75) is 33.6 Å². The number of esters is 2. The van der Waals surface area contributed by atoms with Gasteiger partial charge in [0.1, 0.15) is 5.75 Å². The highest BCUT2D eigenvalue weighted by Crippen LogP contribution is 2.40. The highest BCUT2D eigenvalue weighted by molar-refractivity contribution is 7.80. The van der Waals surface area contributed by atoms with E-state index in [9.17, 15) is 9.59 Å². The van der Waals surface area contributed by atoms with Crippen LogP contribution in [-0.2, 0) is 19.1 Å². The number of hydrogen-bond acceptors (Lipinski definition) is 7. The summed E-state index contributed by atoms with van der Waals surface area (Å²) in [4.78, 5) is 26.0. The molecule has 0 unspecified atom stereocenters. The molecule has 0 amide bonds. The minimum Gasteiger partial charge on any atom is -0.497 e. The average molecular weight is 510 g/mol. The zero-order valence-electron chi connectivity index (χ0n) is 21.1. The van der Waals surface area contributed by atoms with Crippen LogP contribution in [0.4, 0.5) is 11.4 Å². The molecule has 0 atom stereocenters. The number of dihydropyridines is 1. The van der Waals surface area contributed by atoms with Crippen LogP contribution >= 0.6 is 12.2 Å².